The summed E-state index contributed by atoms with van der Waals surface area (Å²) in [5.41, 5.74) is 5.75. The van der Waals surface area contributed by atoms with Crippen LogP contribution in [0.5, 0.6) is 0 Å². The molecule has 1 fully saturated rings. The number of nitrogens with zero attached hydrogens (tertiary/aromatic N) is 2. The molecule has 0 radical (unpaired) electrons. The van der Waals surface area contributed by atoms with Crippen LogP contribution in [0, 0.1) is 5.92 Å². The second-order valence-electron chi connectivity index (χ2n) is 5.10. The second-order valence-corrected chi connectivity index (χ2v) is 5.10. The summed E-state index contributed by atoms with van der Waals surface area (Å²) in [6.45, 7) is 1.03. The lowest BCUT2D eigenvalue weighted by molar-refractivity contribution is 0.320. The minimum Gasteiger partial charge on any atom is -0.370 e. The number of hydrogen-bond acceptors (Lipinski definition) is 3. The average Bonchev–Trinajstić information content (AvgIpc) is 2.57. The highest BCUT2D eigenvalue weighted by molar-refractivity contribution is 5.79. The first-order chi connectivity index (χ1) is 7.25. The van der Waals surface area contributed by atoms with Gasteiger partial charge in [-0.15, -0.1) is 0 Å². The van der Waals surface area contributed by atoms with Gasteiger partial charge in [-0.3, -0.25) is 0 Å². The lowest BCUT2D eigenvalue weighted by atomic mass is 9.85. The van der Waals surface area contributed by atoms with Gasteiger partial charge in [0.05, 0.1) is 6.04 Å². The van der Waals surface area contributed by atoms with E-state index in [-0.39, 0.29) is 0 Å². The molecule has 0 saturated heterocycles. The zero-order valence-electron chi connectivity index (χ0n) is 9.78. The fourth-order valence-corrected chi connectivity index (χ4v) is 2.80. The Bertz CT molecular complexity index is 231. The maximum absolute atomic E-state index is 5.75. The third-order valence-electron chi connectivity index (χ3n) is 3.82. The molecule has 0 bridgehead atoms. The zero-order valence-corrected chi connectivity index (χ0v) is 9.78. The fourth-order valence-electron chi connectivity index (χ4n) is 2.80. The molecule has 1 aliphatic carbocycles. The molecule has 15 heavy (non-hydrogen) atoms. The third-order valence-corrected chi connectivity index (χ3v) is 3.82. The first-order valence-electron chi connectivity index (χ1n) is 6.30. The average molecular weight is 209 g/mol. The molecule has 0 amide bonds. The van der Waals surface area contributed by atoms with E-state index in [1.807, 2.05) is 7.05 Å². The first-order valence-corrected chi connectivity index (χ1v) is 6.30. The van der Waals surface area contributed by atoms with Gasteiger partial charge < -0.3 is 10.6 Å². The molecule has 2 rings (SSSR count). The van der Waals surface area contributed by atoms with Crippen molar-refractivity contribution in [3.05, 3.63) is 0 Å². The molecule has 1 atom stereocenters. The van der Waals surface area contributed by atoms with E-state index in [1.54, 1.807) is 0 Å². The van der Waals surface area contributed by atoms with E-state index >= 15 is 0 Å². The lowest BCUT2D eigenvalue weighted by Crippen LogP contribution is -2.30. The van der Waals surface area contributed by atoms with Crippen molar-refractivity contribution in [2.45, 2.75) is 51.0 Å². The van der Waals surface area contributed by atoms with E-state index in [2.05, 4.69) is 9.89 Å². The Morgan fingerprint density at radius 3 is 2.60 bits per heavy atom. The summed E-state index contributed by atoms with van der Waals surface area (Å²) in [5.74, 6) is 1.70. The van der Waals surface area contributed by atoms with Crippen molar-refractivity contribution in [1.82, 2.24) is 4.90 Å². The van der Waals surface area contributed by atoms with E-state index < -0.39 is 0 Å². The molecule has 2 aliphatic rings. The van der Waals surface area contributed by atoms with Crippen molar-refractivity contribution in [3.8, 4) is 0 Å². The molecular formula is C12H23N3. The minimum atomic E-state index is 0.469. The van der Waals surface area contributed by atoms with Gasteiger partial charge >= 0.3 is 0 Å². The quantitative estimate of drug-likeness (QED) is 0.772. The van der Waals surface area contributed by atoms with Crippen LogP contribution in [0.15, 0.2) is 4.99 Å². The molecule has 3 nitrogen and oxygen atoms in total. The Labute approximate surface area is 92.7 Å². The van der Waals surface area contributed by atoms with Crippen molar-refractivity contribution in [2.75, 3.05) is 13.6 Å². The predicted molar refractivity (Wildman–Crippen MR) is 63.8 cm³/mol. The van der Waals surface area contributed by atoms with Crippen LogP contribution in [0.4, 0.5) is 0 Å². The summed E-state index contributed by atoms with van der Waals surface area (Å²) in [6.07, 6.45) is 9.82. The fraction of sp³-hybridized carbons (Fsp3) is 0.917. The standard InChI is InChI=1S/C12H23N3/c1-15-9-11(14-12(15)13)8-7-10-5-3-2-4-6-10/h10-11H,2-9H2,1H3,(H2,13,14). The Morgan fingerprint density at radius 2 is 2.00 bits per heavy atom. The lowest BCUT2D eigenvalue weighted by Gasteiger charge is -2.22. The topological polar surface area (TPSA) is 41.6 Å². The van der Waals surface area contributed by atoms with Gasteiger partial charge in [0.15, 0.2) is 5.96 Å². The maximum atomic E-state index is 5.75. The Hall–Kier alpha value is -0.730. The molecule has 1 heterocycles. The van der Waals surface area contributed by atoms with Crippen LogP contribution in [0.1, 0.15) is 44.9 Å². The van der Waals surface area contributed by atoms with Gasteiger partial charge in [0.2, 0.25) is 0 Å². The van der Waals surface area contributed by atoms with E-state index in [1.165, 1.54) is 44.9 Å². The van der Waals surface area contributed by atoms with E-state index in [0.29, 0.717) is 6.04 Å². The number of guanidine groups is 1. The van der Waals surface area contributed by atoms with Crippen LogP contribution in [-0.2, 0) is 0 Å². The summed E-state index contributed by atoms with van der Waals surface area (Å²) in [5, 5.41) is 0. The van der Waals surface area contributed by atoms with Gasteiger partial charge in [-0.05, 0) is 18.8 Å². The molecule has 3 heteroatoms. The largest absolute Gasteiger partial charge is 0.370 e. The Morgan fingerprint density at radius 1 is 1.27 bits per heavy atom. The van der Waals surface area contributed by atoms with Gasteiger partial charge in [0, 0.05) is 13.6 Å². The first kappa shape index (κ1) is 10.8. The molecule has 0 aromatic carbocycles. The Balaban J connectivity index is 1.70. The predicted octanol–water partition coefficient (Wildman–Crippen LogP) is 1.98. The SMILES string of the molecule is CN1CC(CCC2CCCCC2)N=C1N. The number of rotatable bonds is 3. The summed E-state index contributed by atoms with van der Waals surface area (Å²) in [7, 11) is 2.03. The molecule has 2 N–H and O–H groups in total. The molecule has 0 aromatic heterocycles. The highest BCUT2D eigenvalue weighted by Crippen LogP contribution is 2.28. The summed E-state index contributed by atoms with van der Waals surface area (Å²) >= 11 is 0. The van der Waals surface area contributed by atoms with Crippen molar-refractivity contribution in [2.24, 2.45) is 16.6 Å². The van der Waals surface area contributed by atoms with Gasteiger partial charge in [-0.1, -0.05) is 32.1 Å². The van der Waals surface area contributed by atoms with Crippen LogP contribution in [0.25, 0.3) is 0 Å². The molecule has 1 saturated carbocycles. The third kappa shape index (κ3) is 2.86. The number of likely N-dealkylation sites (N-methyl/N-ethyl adjacent to an activating group) is 1. The van der Waals surface area contributed by atoms with Gasteiger partial charge in [-0.2, -0.15) is 0 Å². The molecule has 1 unspecified atom stereocenters. The zero-order chi connectivity index (χ0) is 10.7. The van der Waals surface area contributed by atoms with Gasteiger partial charge in [-0.25, -0.2) is 4.99 Å². The van der Waals surface area contributed by atoms with Crippen LogP contribution < -0.4 is 5.73 Å². The highest BCUT2D eigenvalue weighted by Gasteiger charge is 2.21. The van der Waals surface area contributed by atoms with Crippen molar-refractivity contribution in [3.63, 3.8) is 0 Å². The van der Waals surface area contributed by atoms with Crippen LogP contribution in [-0.4, -0.2) is 30.5 Å². The van der Waals surface area contributed by atoms with E-state index in [0.717, 1.165) is 18.4 Å². The van der Waals surface area contributed by atoms with E-state index in [9.17, 15) is 0 Å². The van der Waals surface area contributed by atoms with Crippen LogP contribution >= 0.6 is 0 Å². The number of hydrogen-bond donors (Lipinski definition) is 1. The minimum absolute atomic E-state index is 0.469. The second kappa shape index (κ2) is 4.86. The van der Waals surface area contributed by atoms with Crippen LogP contribution in [0.2, 0.25) is 0 Å². The number of nitrogens with two attached hydrogens (primary N) is 1. The van der Waals surface area contributed by atoms with Crippen LogP contribution in [0.3, 0.4) is 0 Å². The van der Waals surface area contributed by atoms with Crippen molar-refractivity contribution in [1.29, 1.82) is 0 Å². The molecule has 1 aliphatic heterocycles. The maximum Gasteiger partial charge on any atom is 0.191 e. The molecule has 0 spiro atoms. The van der Waals surface area contributed by atoms with Gasteiger partial charge in [0.25, 0.3) is 0 Å². The Kier molecular flexibility index (Phi) is 3.49. The summed E-state index contributed by atoms with van der Waals surface area (Å²) in [6, 6.07) is 0.469. The van der Waals surface area contributed by atoms with E-state index in [4.69, 9.17) is 5.73 Å². The van der Waals surface area contributed by atoms with Crippen molar-refractivity contribution < 1.29 is 0 Å². The monoisotopic (exact) mass is 209 g/mol. The smallest absolute Gasteiger partial charge is 0.191 e. The summed E-state index contributed by atoms with van der Waals surface area (Å²) in [4.78, 5) is 6.54. The van der Waals surface area contributed by atoms with Crippen molar-refractivity contribution >= 4 is 5.96 Å². The normalized spacial score (nSPS) is 28.2. The molecule has 0 aromatic rings. The van der Waals surface area contributed by atoms with Gasteiger partial charge in [0.1, 0.15) is 0 Å². The number of aliphatic imine (C=N–C) groups is 1. The molecular weight excluding hydrogens is 186 g/mol. The molecule has 86 valence electrons. The summed E-state index contributed by atoms with van der Waals surface area (Å²) < 4.78 is 0. The highest BCUT2D eigenvalue weighted by atomic mass is 15.3.